The number of fused-ring (bicyclic) bond motifs is 5. The van der Waals surface area contributed by atoms with E-state index in [0.717, 1.165) is 22.5 Å². The summed E-state index contributed by atoms with van der Waals surface area (Å²) in [6, 6.07) is 43.2. The quantitative estimate of drug-likeness (QED) is 0.169. The molecular weight excluding hydrogens is 489 g/mol. The third-order valence-electron chi connectivity index (χ3n) is 8.27. The number of nitrogens with zero attached hydrogens (tertiary/aromatic N) is 1. The van der Waals surface area contributed by atoms with Crippen LogP contribution in [0, 0.1) is 0 Å². The highest BCUT2D eigenvalue weighted by Gasteiger charge is 2.35. The summed E-state index contributed by atoms with van der Waals surface area (Å²) < 4.78 is 6.13. The van der Waals surface area contributed by atoms with E-state index >= 15 is 0 Å². The molecule has 6 rings (SSSR count). The van der Waals surface area contributed by atoms with Crippen molar-refractivity contribution in [3.8, 4) is 0 Å². The number of rotatable bonds is 7. The summed E-state index contributed by atoms with van der Waals surface area (Å²) in [5.74, 6) is 0. The molecule has 3 nitrogen and oxygen atoms in total. The Balaban J connectivity index is 1.50. The van der Waals surface area contributed by atoms with Crippen LogP contribution in [0.2, 0.25) is 0 Å². The third-order valence-corrected chi connectivity index (χ3v) is 8.27. The number of hydrogen-bond donors (Lipinski definition) is 1. The molecule has 0 spiro atoms. The first kappa shape index (κ1) is 26.1. The van der Waals surface area contributed by atoms with E-state index < -0.39 is 11.2 Å². The summed E-state index contributed by atoms with van der Waals surface area (Å²) in [6.45, 7) is 7.41. The molecular formula is C36H34BNO2. The summed E-state index contributed by atoms with van der Waals surface area (Å²) in [6.07, 6.45) is 0. The second-order valence-electron chi connectivity index (χ2n) is 11.5. The van der Waals surface area contributed by atoms with Gasteiger partial charge >= 0.3 is 7.48 Å². The van der Waals surface area contributed by atoms with Gasteiger partial charge < -0.3 is 14.7 Å². The molecule has 6 aromatic carbocycles. The lowest BCUT2D eigenvalue weighted by Crippen LogP contribution is -2.49. The fraction of sp³-hybridized carbons (Fsp3) is 0.167. The number of anilines is 3. The van der Waals surface area contributed by atoms with Crippen molar-refractivity contribution in [3.05, 3.63) is 121 Å². The first-order chi connectivity index (χ1) is 19.2. The van der Waals surface area contributed by atoms with Crippen LogP contribution in [0.5, 0.6) is 0 Å². The summed E-state index contributed by atoms with van der Waals surface area (Å²) in [7, 11) is 0.424. The zero-order chi connectivity index (χ0) is 27.9. The van der Waals surface area contributed by atoms with Gasteiger partial charge in [-0.1, -0.05) is 96.5 Å². The van der Waals surface area contributed by atoms with Crippen molar-refractivity contribution in [2.75, 3.05) is 4.90 Å². The van der Waals surface area contributed by atoms with Gasteiger partial charge in [0.05, 0.1) is 16.9 Å². The maximum absolute atomic E-state index is 10.5. The molecule has 0 saturated carbocycles. The lowest BCUT2D eigenvalue weighted by Gasteiger charge is -2.37. The van der Waals surface area contributed by atoms with Gasteiger partial charge in [-0.2, -0.15) is 0 Å². The number of aliphatic hydroxyl groups is 1. The van der Waals surface area contributed by atoms with Gasteiger partial charge in [0.25, 0.3) is 0 Å². The first-order valence-electron chi connectivity index (χ1n) is 13.9. The Morgan fingerprint density at radius 1 is 0.575 bits per heavy atom. The van der Waals surface area contributed by atoms with Crippen molar-refractivity contribution in [1.82, 2.24) is 0 Å². The van der Waals surface area contributed by atoms with E-state index in [1.165, 1.54) is 32.3 Å². The molecule has 0 fully saturated rings. The Kier molecular flexibility index (Phi) is 6.62. The average Bonchev–Trinajstić information content (AvgIpc) is 2.97. The minimum atomic E-state index is -0.946. The molecule has 1 N–H and O–H groups in total. The Bertz CT molecular complexity index is 1810. The third kappa shape index (κ3) is 4.74. The van der Waals surface area contributed by atoms with Crippen LogP contribution in [0.1, 0.15) is 27.7 Å². The molecule has 40 heavy (non-hydrogen) atoms. The van der Waals surface area contributed by atoms with E-state index in [4.69, 9.17) is 4.65 Å². The first-order valence-corrected chi connectivity index (χ1v) is 13.9. The van der Waals surface area contributed by atoms with Crippen LogP contribution in [0.4, 0.5) is 17.1 Å². The van der Waals surface area contributed by atoms with Crippen molar-refractivity contribution >= 4 is 62.3 Å². The van der Waals surface area contributed by atoms with Gasteiger partial charge in [-0.15, -0.1) is 0 Å². The van der Waals surface area contributed by atoms with Crippen molar-refractivity contribution in [3.63, 3.8) is 0 Å². The number of hydrogen-bond acceptors (Lipinski definition) is 3. The van der Waals surface area contributed by atoms with Crippen LogP contribution in [0.3, 0.4) is 0 Å². The molecule has 0 unspecified atom stereocenters. The van der Waals surface area contributed by atoms with Crippen molar-refractivity contribution < 1.29 is 9.76 Å². The van der Waals surface area contributed by atoms with Gasteiger partial charge in [-0.05, 0) is 85.0 Å². The van der Waals surface area contributed by atoms with Crippen molar-refractivity contribution in [1.29, 1.82) is 0 Å². The highest BCUT2D eigenvalue weighted by Crippen LogP contribution is 2.43. The molecule has 0 aromatic heterocycles. The summed E-state index contributed by atoms with van der Waals surface area (Å²) >= 11 is 0. The maximum atomic E-state index is 10.5. The topological polar surface area (TPSA) is 32.7 Å². The van der Waals surface area contributed by atoms with E-state index in [-0.39, 0.29) is 0 Å². The van der Waals surface area contributed by atoms with Crippen LogP contribution < -0.4 is 10.4 Å². The van der Waals surface area contributed by atoms with Gasteiger partial charge in [-0.25, -0.2) is 0 Å². The van der Waals surface area contributed by atoms with Crippen LogP contribution in [0.15, 0.2) is 121 Å². The van der Waals surface area contributed by atoms with E-state index in [2.05, 4.69) is 126 Å². The molecule has 0 bridgehead atoms. The minimum absolute atomic E-state index is 0.424. The van der Waals surface area contributed by atoms with E-state index in [9.17, 15) is 5.11 Å². The molecule has 0 aliphatic rings. The van der Waals surface area contributed by atoms with E-state index in [0.29, 0.717) is 7.48 Å². The zero-order valence-corrected chi connectivity index (χ0v) is 23.6. The molecule has 0 heterocycles. The van der Waals surface area contributed by atoms with E-state index in [1.54, 1.807) is 13.8 Å². The smallest absolute Gasteiger partial charge is 0.309 e. The molecule has 0 atom stereocenters. The fourth-order valence-electron chi connectivity index (χ4n) is 5.21. The molecule has 0 aliphatic heterocycles. The molecule has 0 aliphatic carbocycles. The zero-order valence-electron chi connectivity index (χ0n) is 23.6. The highest BCUT2D eigenvalue weighted by atomic mass is 16.5. The minimum Gasteiger partial charge on any atom is -0.427 e. The molecule has 4 heteroatoms. The van der Waals surface area contributed by atoms with Crippen molar-refractivity contribution in [2.24, 2.45) is 0 Å². The highest BCUT2D eigenvalue weighted by molar-refractivity contribution is 6.47. The summed E-state index contributed by atoms with van der Waals surface area (Å²) in [5, 5.41) is 17.9. The summed E-state index contributed by atoms with van der Waals surface area (Å²) in [4.78, 5) is 2.34. The van der Waals surface area contributed by atoms with Gasteiger partial charge in [0.2, 0.25) is 0 Å². The summed E-state index contributed by atoms with van der Waals surface area (Å²) in [5.41, 5.74) is 2.74. The Labute approximate surface area is 236 Å². The lowest BCUT2D eigenvalue weighted by atomic mass is 9.82. The van der Waals surface area contributed by atoms with Gasteiger partial charge in [0.15, 0.2) is 0 Å². The number of para-hydroxylation sites is 1. The Morgan fingerprint density at radius 3 is 1.85 bits per heavy atom. The van der Waals surface area contributed by atoms with Crippen LogP contribution >= 0.6 is 0 Å². The van der Waals surface area contributed by atoms with Crippen LogP contribution in [0.25, 0.3) is 32.3 Å². The molecule has 0 amide bonds. The molecule has 198 valence electrons. The monoisotopic (exact) mass is 523 g/mol. The fourth-order valence-corrected chi connectivity index (χ4v) is 5.21. The Morgan fingerprint density at radius 2 is 1.15 bits per heavy atom. The van der Waals surface area contributed by atoms with Gasteiger partial charge in [-0.3, -0.25) is 0 Å². The van der Waals surface area contributed by atoms with Crippen molar-refractivity contribution in [2.45, 2.75) is 38.9 Å². The average molecular weight is 523 g/mol. The lowest BCUT2D eigenvalue weighted by molar-refractivity contribution is -0.0893. The molecule has 6 aromatic rings. The normalized spacial score (nSPS) is 12.2. The van der Waals surface area contributed by atoms with E-state index in [1.807, 2.05) is 13.8 Å². The van der Waals surface area contributed by atoms with Gasteiger partial charge in [0.1, 0.15) is 0 Å². The predicted octanol–water partition coefficient (Wildman–Crippen LogP) is 8.16. The van der Waals surface area contributed by atoms with Gasteiger partial charge in [0, 0.05) is 16.8 Å². The number of benzene rings is 6. The largest absolute Gasteiger partial charge is 0.427 e. The standard InChI is InChI=1S/C36H34BNO2/c1-35(2,39)36(3,4)40-37-26-19-21-28(22-20-26)38(27-13-6-5-7-14-27)34-24-33-29-15-9-8-12-25(29)18-23-31(33)30-16-10-11-17-32(30)34/h5-24,37,39H,1-4H3. The predicted molar refractivity (Wildman–Crippen MR) is 172 cm³/mol. The maximum Gasteiger partial charge on any atom is 0.309 e. The molecule has 0 radical (unpaired) electrons. The Hall–Kier alpha value is -4.12. The van der Waals surface area contributed by atoms with Crippen LogP contribution in [-0.4, -0.2) is 23.8 Å². The second-order valence-corrected chi connectivity index (χ2v) is 11.5. The molecule has 0 saturated heterocycles. The van der Waals surface area contributed by atoms with Crippen LogP contribution in [-0.2, 0) is 4.65 Å². The second kappa shape index (κ2) is 10.1. The SMILES string of the molecule is CC(C)(O)C(C)(C)OBc1ccc(N(c2ccccc2)c2cc3c4ccccc4ccc3c3ccccc23)cc1.